The lowest BCUT2D eigenvalue weighted by molar-refractivity contribution is -0.169. The summed E-state index contributed by atoms with van der Waals surface area (Å²) in [5, 5.41) is 0. The fourth-order valence-electron chi connectivity index (χ4n) is 5.42. The van der Waals surface area contributed by atoms with Crippen molar-refractivity contribution in [2.45, 2.75) is 76.3 Å². The van der Waals surface area contributed by atoms with Crippen LogP contribution in [0.5, 0.6) is 0 Å². The van der Waals surface area contributed by atoms with Gasteiger partial charge in [0.2, 0.25) is 0 Å². The fourth-order valence-corrected chi connectivity index (χ4v) is 5.42. The molecule has 8 nitrogen and oxygen atoms in total. The van der Waals surface area contributed by atoms with Gasteiger partial charge in [0.15, 0.2) is 0 Å². The molecule has 0 unspecified atom stereocenters. The van der Waals surface area contributed by atoms with Gasteiger partial charge in [-0.25, -0.2) is 9.59 Å². The van der Waals surface area contributed by atoms with Crippen molar-refractivity contribution in [1.82, 2.24) is 9.13 Å². The molecule has 0 radical (unpaired) electrons. The highest BCUT2D eigenvalue weighted by Gasteiger charge is 2.28. The number of ether oxygens (including phenoxy) is 2. The van der Waals surface area contributed by atoms with Crippen LogP contribution >= 0.6 is 0 Å². The van der Waals surface area contributed by atoms with E-state index in [-0.39, 0.29) is 13.2 Å². The van der Waals surface area contributed by atoms with Gasteiger partial charge in [-0.1, -0.05) is 72.5 Å². The van der Waals surface area contributed by atoms with Gasteiger partial charge in [-0.3, -0.25) is 0 Å². The molecule has 50 heavy (non-hydrogen) atoms. The smallest absolute Gasteiger partial charge is 0.417 e. The van der Waals surface area contributed by atoms with Gasteiger partial charge in [0, 0.05) is 49.4 Å². The van der Waals surface area contributed by atoms with E-state index < -0.39 is 23.0 Å². The zero-order valence-electron chi connectivity index (χ0n) is 29.8. The van der Waals surface area contributed by atoms with E-state index in [2.05, 4.69) is 57.1 Å². The number of esters is 2. The first kappa shape index (κ1) is 37.8. The Morgan fingerprint density at radius 2 is 0.980 bits per heavy atom. The third kappa shape index (κ3) is 12.1. The van der Waals surface area contributed by atoms with E-state index in [1.807, 2.05) is 74.8 Å². The molecular weight excluding hydrogens is 624 g/mol. The van der Waals surface area contributed by atoms with Crippen LogP contribution in [0.15, 0.2) is 84.9 Å². The summed E-state index contributed by atoms with van der Waals surface area (Å²) in [4.78, 5) is 24.9. The SMILES string of the molecule is Cn1c(C#CCCc2ccccc2)ccc1CC[C@@](C)(N)COC(=O)C(=O)OC[C@](C)(N)CCc1ccc(C#CCCc2ccccc2)n1C. The van der Waals surface area contributed by atoms with Gasteiger partial charge in [-0.05, 0) is 99.6 Å². The predicted octanol–water partition coefficient (Wildman–Crippen LogP) is 5.42. The first-order valence-corrected chi connectivity index (χ1v) is 17.2. The minimum absolute atomic E-state index is 0.123. The molecule has 0 fully saturated rings. The molecule has 262 valence electrons. The summed E-state index contributed by atoms with van der Waals surface area (Å²) < 4.78 is 14.6. The van der Waals surface area contributed by atoms with Crippen LogP contribution in [0.2, 0.25) is 0 Å². The molecule has 2 atom stereocenters. The molecule has 0 aliphatic heterocycles. The molecular formula is C42H50N4O4. The predicted molar refractivity (Wildman–Crippen MR) is 198 cm³/mol. The second kappa shape index (κ2) is 18.1. The molecule has 2 heterocycles. The van der Waals surface area contributed by atoms with E-state index in [0.29, 0.717) is 25.7 Å². The standard InChI is InChI=1S/C42H50N4O4/c1-41(43,29-27-37-25-23-35(45(37)3)21-13-11-19-33-15-7-5-8-16-33)31-49-39(47)40(48)50-32-42(2,44)30-28-38-26-24-36(46(38)4)22-14-12-20-34-17-9-6-10-18-34/h5-10,15-18,23-26H,11-12,19-20,27-32,43-44H2,1-4H3/t41-,42-/m1/s1. The fraction of sp³-hybridized carbons (Fsp3) is 0.381. The molecule has 0 saturated heterocycles. The van der Waals surface area contributed by atoms with Crippen LogP contribution in [0, 0.1) is 23.7 Å². The van der Waals surface area contributed by atoms with Gasteiger partial charge < -0.3 is 30.1 Å². The van der Waals surface area contributed by atoms with E-state index in [1.165, 1.54) is 11.1 Å². The number of hydrogen-bond acceptors (Lipinski definition) is 6. The molecule has 0 bridgehead atoms. The zero-order chi connectivity index (χ0) is 36.0. The van der Waals surface area contributed by atoms with Gasteiger partial charge >= 0.3 is 11.9 Å². The Bertz CT molecular complexity index is 1690. The summed E-state index contributed by atoms with van der Waals surface area (Å²) in [6, 6.07) is 28.7. The summed E-state index contributed by atoms with van der Waals surface area (Å²) in [7, 11) is 3.96. The monoisotopic (exact) mass is 674 g/mol. The minimum atomic E-state index is -1.08. The van der Waals surface area contributed by atoms with Crippen molar-refractivity contribution >= 4 is 11.9 Å². The van der Waals surface area contributed by atoms with Crippen LogP contribution in [-0.2, 0) is 58.8 Å². The normalized spacial score (nSPS) is 13.2. The van der Waals surface area contributed by atoms with Crippen LogP contribution in [0.1, 0.15) is 73.4 Å². The number of rotatable bonds is 14. The molecule has 0 saturated carbocycles. The van der Waals surface area contributed by atoms with E-state index in [1.54, 1.807) is 13.8 Å². The van der Waals surface area contributed by atoms with Crippen molar-refractivity contribution in [2.24, 2.45) is 25.6 Å². The zero-order valence-corrected chi connectivity index (χ0v) is 29.8. The van der Waals surface area contributed by atoms with E-state index in [4.69, 9.17) is 20.9 Å². The average molecular weight is 675 g/mol. The number of carbonyl (C=O) groups excluding carboxylic acids is 2. The number of nitrogens with two attached hydrogens (primary N) is 2. The Labute approximate surface area is 297 Å². The Hall–Kier alpha value is -5.02. The summed E-state index contributed by atoms with van der Waals surface area (Å²) in [5.41, 5.74) is 17.7. The quantitative estimate of drug-likeness (QED) is 0.105. The Morgan fingerprint density at radius 3 is 1.36 bits per heavy atom. The molecule has 8 heteroatoms. The Kier molecular flexibility index (Phi) is 13.7. The van der Waals surface area contributed by atoms with Crippen LogP contribution in [0.3, 0.4) is 0 Å². The van der Waals surface area contributed by atoms with Crippen molar-refractivity contribution in [3.63, 3.8) is 0 Å². The second-order valence-corrected chi connectivity index (χ2v) is 13.6. The van der Waals surface area contributed by atoms with E-state index >= 15 is 0 Å². The largest absolute Gasteiger partial charge is 0.455 e. The minimum Gasteiger partial charge on any atom is -0.455 e. The maximum absolute atomic E-state index is 12.4. The first-order chi connectivity index (χ1) is 23.9. The number of benzene rings is 2. The summed E-state index contributed by atoms with van der Waals surface area (Å²) in [6.45, 7) is 3.34. The third-order valence-electron chi connectivity index (χ3n) is 8.78. The maximum atomic E-state index is 12.4. The number of aromatic nitrogens is 2. The van der Waals surface area contributed by atoms with Crippen LogP contribution < -0.4 is 11.5 Å². The van der Waals surface area contributed by atoms with Gasteiger partial charge in [0.05, 0.1) is 11.4 Å². The van der Waals surface area contributed by atoms with Crippen molar-refractivity contribution in [2.75, 3.05) is 13.2 Å². The van der Waals surface area contributed by atoms with Crippen molar-refractivity contribution in [3.8, 4) is 23.7 Å². The van der Waals surface area contributed by atoms with Crippen molar-refractivity contribution < 1.29 is 19.1 Å². The van der Waals surface area contributed by atoms with E-state index in [0.717, 1.165) is 48.5 Å². The first-order valence-electron chi connectivity index (χ1n) is 17.2. The Balaban J connectivity index is 1.15. The highest BCUT2D eigenvalue weighted by Crippen LogP contribution is 2.17. The lowest BCUT2D eigenvalue weighted by Crippen LogP contribution is -2.45. The highest BCUT2D eigenvalue weighted by molar-refractivity contribution is 6.29. The molecule has 2 aromatic carbocycles. The average Bonchev–Trinajstić information content (AvgIpc) is 3.65. The number of aryl methyl sites for hydroxylation is 4. The topological polar surface area (TPSA) is 114 Å². The second-order valence-electron chi connectivity index (χ2n) is 13.6. The highest BCUT2D eigenvalue weighted by atomic mass is 16.6. The molecule has 0 aliphatic rings. The summed E-state index contributed by atoms with van der Waals surface area (Å²) in [5.74, 6) is 10.9. The third-order valence-corrected chi connectivity index (χ3v) is 8.78. The summed E-state index contributed by atoms with van der Waals surface area (Å²) in [6.07, 6.45) is 5.78. The van der Waals surface area contributed by atoms with Crippen molar-refractivity contribution in [3.05, 3.63) is 119 Å². The molecule has 0 spiro atoms. The molecule has 0 amide bonds. The van der Waals surface area contributed by atoms with Crippen LogP contribution in [0.25, 0.3) is 0 Å². The van der Waals surface area contributed by atoms with E-state index in [9.17, 15) is 9.59 Å². The molecule has 4 rings (SSSR count). The Morgan fingerprint density at radius 1 is 0.600 bits per heavy atom. The molecule has 4 N–H and O–H groups in total. The number of hydrogen-bond donors (Lipinski definition) is 2. The number of carbonyl (C=O) groups is 2. The maximum Gasteiger partial charge on any atom is 0.417 e. The van der Waals surface area contributed by atoms with Crippen molar-refractivity contribution in [1.29, 1.82) is 0 Å². The summed E-state index contributed by atoms with van der Waals surface area (Å²) >= 11 is 0. The molecule has 0 aliphatic carbocycles. The van der Waals surface area contributed by atoms with Gasteiger partial charge in [0.1, 0.15) is 13.2 Å². The van der Waals surface area contributed by atoms with Gasteiger partial charge in [0.25, 0.3) is 0 Å². The van der Waals surface area contributed by atoms with Crippen LogP contribution in [0.4, 0.5) is 0 Å². The lowest BCUT2D eigenvalue weighted by atomic mass is 9.97. The molecule has 2 aromatic heterocycles. The lowest BCUT2D eigenvalue weighted by Gasteiger charge is -2.25. The van der Waals surface area contributed by atoms with Gasteiger partial charge in [-0.15, -0.1) is 0 Å². The van der Waals surface area contributed by atoms with Gasteiger partial charge in [-0.2, -0.15) is 0 Å². The number of nitrogens with zero attached hydrogens (tertiary/aromatic N) is 2. The molecule has 4 aromatic rings. The van der Waals surface area contributed by atoms with Crippen LogP contribution in [-0.4, -0.2) is 45.4 Å².